The van der Waals surface area contributed by atoms with E-state index in [0.29, 0.717) is 6.54 Å². The van der Waals surface area contributed by atoms with Crippen molar-refractivity contribution in [3.8, 4) is 5.75 Å². The highest BCUT2D eigenvalue weighted by Crippen LogP contribution is 2.29. The number of rotatable bonds is 4. The Morgan fingerprint density at radius 3 is 2.65 bits per heavy atom. The molecule has 6 heteroatoms. The van der Waals surface area contributed by atoms with E-state index in [1.165, 1.54) is 23.7 Å². The second-order valence-electron chi connectivity index (χ2n) is 3.35. The molecular weight excluding hydrogens is 255 g/mol. The molecule has 0 unspecified atom stereocenters. The molecule has 0 aliphatic carbocycles. The van der Waals surface area contributed by atoms with Crippen molar-refractivity contribution in [1.82, 2.24) is 0 Å². The number of alkyl halides is 3. The van der Waals surface area contributed by atoms with E-state index in [4.69, 9.17) is 11.6 Å². The van der Waals surface area contributed by atoms with Crippen molar-refractivity contribution in [2.24, 2.45) is 0 Å². The van der Waals surface area contributed by atoms with Gasteiger partial charge in [-0.25, -0.2) is 0 Å². The predicted octanol–water partition coefficient (Wildman–Crippen LogP) is 4.14. The number of ether oxygens (including phenoxy) is 1. The molecule has 94 valence electrons. The lowest BCUT2D eigenvalue weighted by atomic mass is 10.2. The van der Waals surface area contributed by atoms with E-state index in [0.717, 1.165) is 5.57 Å². The summed E-state index contributed by atoms with van der Waals surface area (Å²) in [6.45, 7) is 2.11. The minimum atomic E-state index is -4.70. The van der Waals surface area contributed by atoms with Crippen molar-refractivity contribution in [1.29, 1.82) is 0 Å². The van der Waals surface area contributed by atoms with Crippen LogP contribution in [0.1, 0.15) is 6.92 Å². The Balaban J connectivity index is 2.78. The lowest BCUT2D eigenvalue weighted by Gasteiger charge is -2.14. The Morgan fingerprint density at radius 2 is 2.06 bits per heavy atom. The summed E-state index contributed by atoms with van der Waals surface area (Å²) in [5, 5.41) is 2.81. The summed E-state index contributed by atoms with van der Waals surface area (Å²) < 4.78 is 40.2. The average Bonchev–Trinajstić information content (AvgIpc) is 2.25. The molecule has 0 saturated carbocycles. The van der Waals surface area contributed by atoms with Crippen LogP contribution in [0.4, 0.5) is 18.9 Å². The van der Waals surface area contributed by atoms with Crippen molar-refractivity contribution in [2.45, 2.75) is 13.3 Å². The number of halogens is 4. The molecule has 1 N–H and O–H groups in total. The van der Waals surface area contributed by atoms with Crippen molar-refractivity contribution in [3.63, 3.8) is 0 Å². The molecule has 1 aromatic rings. The summed E-state index contributed by atoms with van der Waals surface area (Å²) in [6.07, 6.45) is -4.70. The third kappa shape index (κ3) is 4.99. The third-order valence-electron chi connectivity index (χ3n) is 1.86. The minimum Gasteiger partial charge on any atom is -0.404 e. The molecule has 0 aliphatic rings. The first-order valence-electron chi connectivity index (χ1n) is 4.77. The fraction of sp³-hybridized carbons (Fsp3) is 0.273. The van der Waals surface area contributed by atoms with E-state index < -0.39 is 6.36 Å². The van der Waals surface area contributed by atoms with Gasteiger partial charge in [0.1, 0.15) is 0 Å². The van der Waals surface area contributed by atoms with Gasteiger partial charge in [0.2, 0.25) is 0 Å². The summed E-state index contributed by atoms with van der Waals surface area (Å²) in [5.74, 6) is -0.262. The molecule has 1 rings (SSSR count). The van der Waals surface area contributed by atoms with Gasteiger partial charge < -0.3 is 10.1 Å². The molecular formula is C11H11ClF3NO. The van der Waals surface area contributed by atoms with Crippen LogP contribution in [0.25, 0.3) is 0 Å². The first kappa shape index (κ1) is 13.7. The monoisotopic (exact) mass is 265 g/mol. The maximum atomic E-state index is 12.1. The van der Waals surface area contributed by atoms with Crippen molar-refractivity contribution in [2.75, 3.05) is 11.9 Å². The molecule has 0 bridgehead atoms. The molecule has 0 atom stereocenters. The second-order valence-corrected chi connectivity index (χ2v) is 3.57. The summed E-state index contributed by atoms with van der Waals surface area (Å²) in [5.41, 5.74) is 2.43. The Hall–Kier alpha value is -1.36. The maximum Gasteiger partial charge on any atom is 0.573 e. The quantitative estimate of drug-likeness (QED) is 0.883. The van der Waals surface area contributed by atoms with E-state index in [1.54, 1.807) is 13.0 Å². The number of benzene rings is 1. The van der Waals surface area contributed by atoms with Crippen molar-refractivity contribution < 1.29 is 17.9 Å². The van der Waals surface area contributed by atoms with Crippen molar-refractivity contribution >= 4 is 17.3 Å². The van der Waals surface area contributed by atoms with Crippen LogP contribution in [-0.2, 0) is 0 Å². The van der Waals surface area contributed by atoms with Gasteiger partial charge in [-0.3, -0.25) is 0 Å². The number of hydrogen-bond acceptors (Lipinski definition) is 2. The van der Waals surface area contributed by atoms with Crippen LogP contribution in [0.2, 0.25) is 0 Å². The Morgan fingerprint density at radius 1 is 1.41 bits per heavy atom. The first-order valence-corrected chi connectivity index (χ1v) is 5.20. The minimum absolute atomic E-state index is 0.262. The van der Waals surface area contributed by atoms with Crippen LogP contribution in [0.3, 0.4) is 0 Å². The van der Waals surface area contributed by atoms with Crippen LogP contribution in [0.15, 0.2) is 35.4 Å². The first-order chi connectivity index (χ1) is 7.92. The smallest absolute Gasteiger partial charge is 0.404 e. The third-order valence-corrected chi connectivity index (χ3v) is 2.23. The summed E-state index contributed by atoms with van der Waals surface area (Å²) >= 11 is 5.45. The van der Waals surface area contributed by atoms with E-state index in [1.807, 2.05) is 0 Å². The predicted molar refractivity (Wildman–Crippen MR) is 61.2 cm³/mol. The SMILES string of the molecule is C/C(=C/Cl)CNc1ccccc1OC(F)(F)F. The fourth-order valence-electron chi connectivity index (χ4n) is 1.10. The summed E-state index contributed by atoms with van der Waals surface area (Å²) in [7, 11) is 0. The molecule has 0 radical (unpaired) electrons. The molecule has 0 fully saturated rings. The van der Waals surface area contributed by atoms with E-state index in [-0.39, 0.29) is 11.4 Å². The van der Waals surface area contributed by atoms with Crippen LogP contribution in [-0.4, -0.2) is 12.9 Å². The summed E-state index contributed by atoms with van der Waals surface area (Å²) in [4.78, 5) is 0. The zero-order valence-corrected chi connectivity index (χ0v) is 9.77. The van der Waals surface area contributed by atoms with Gasteiger partial charge in [-0.1, -0.05) is 23.7 Å². The van der Waals surface area contributed by atoms with E-state index >= 15 is 0 Å². The molecule has 0 aromatic heterocycles. The summed E-state index contributed by atoms with van der Waals surface area (Å²) in [6, 6.07) is 5.83. The second kappa shape index (κ2) is 5.82. The topological polar surface area (TPSA) is 21.3 Å². The van der Waals surface area contributed by atoms with Gasteiger partial charge >= 0.3 is 6.36 Å². The molecule has 17 heavy (non-hydrogen) atoms. The number of para-hydroxylation sites is 2. The average molecular weight is 266 g/mol. The zero-order chi connectivity index (χ0) is 12.9. The normalized spacial score (nSPS) is 12.4. The highest BCUT2D eigenvalue weighted by molar-refractivity contribution is 6.25. The fourth-order valence-corrected chi connectivity index (χ4v) is 1.18. The number of nitrogens with one attached hydrogen (secondary N) is 1. The van der Waals surface area contributed by atoms with Crippen molar-refractivity contribution in [3.05, 3.63) is 35.4 Å². The maximum absolute atomic E-state index is 12.1. The Labute approximate surface area is 102 Å². The molecule has 0 amide bonds. The van der Waals surface area contributed by atoms with Gasteiger partial charge in [0.05, 0.1) is 5.69 Å². The number of hydrogen-bond donors (Lipinski definition) is 1. The standard InChI is InChI=1S/C11H11ClF3NO/c1-8(6-12)7-16-9-4-2-3-5-10(9)17-11(13,14)15/h2-6,16H,7H2,1H3/b8-6-. The zero-order valence-electron chi connectivity index (χ0n) is 9.01. The highest BCUT2D eigenvalue weighted by atomic mass is 35.5. The van der Waals surface area contributed by atoms with Gasteiger partial charge in [-0.05, 0) is 24.6 Å². The van der Waals surface area contributed by atoms with E-state index in [2.05, 4.69) is 10.1 Å². The van der Waals surface area contributed by atoms with Gasteiger partial charge in [-0.15, -0.1) is 13.2 Å². The van der Waals surface area contributed by atoms with Gasteiger partial charge in [0.25, 0.3) is 0 Å². The highest BCUT2D eigenvalue weighted by Gasteiger charge is 2.31. The van der Waals surface area contributed by atoms with Gasteiger partial charge in [-0.2, -0.15) is 0 Å². The largest absolute Gasteiger partial charge is 0.573 e. The van der Waals surface area contributed by atoms with Crippen LogP contribution >= 0.6 is 11.6 Å². The molecule has 0 aliphatic heterocycles. The van der Waals surface area contributed by atoms with E-state index in [9.17, 15) is 13.2 Å². The van der Waals surface area contributed by atoms with Gasteiger partial charge in [0, 0.05) is 12.1 Å². The lowest BCUT2D eigenvalue weighted by Crippen LogP contribution is -2.18. The molecule has 0 heterocycles. The Kier molecular flexibility index (Phi) is 4.69. The molecule has 1 aromatic carbocycles. The lowest BCUT2D eigenvalue weighted by molar-refractivity contribution is -0.274. The number of anilines is 1. The Bertz CT molecular complexity index is 404. The van der Waals surface area contributed by atoms with Crippen LogP contribution < -0.4 is 10.1 Å². The van der Waals surface area contributed by atoms with Crippen LogP contribution in [0.5, 0.6) is 5.75 Å². The molecule has 0 spiro atoms. The molecule has 2 nitrogen and oxygen atoms in total. The van der Waals surface area contributed by atoms with Gasteiger partial charge in [0.15, 0.2) is 5.75 Å². The molecule has 0 saturated heterocycles. The van der Waals surface area contributed by atoms with Crippen LogP contribution in [0, 0.1) is 0 Å².